The molecule has 1 saturated heterocycles. The number of aryl methyl sites for hydroxylation is 1. The zero-order valence-electron chi connectivity index (χ0n) is 16.3. The highest BCUT2D eigenvalue weighted by Gasteiger charge is 2.36. The highest BCUT2D eigenvalue weighted by molar-refractivity contribution is 6.04. The van der Waals surface area contributed by atoms with E-state index in [9.17, 15) is 19.7 Å². The van der Waals surface area contributed by atoms with Gasteiger partial charge < -0.3 is 19.7 Å². The molecule has 1 atom stereocenters. The van der Waals surface area contributed by atoms with Gasteiger partial charge in [-0.25, -0.2) is 0 Å². The molecular formula is C20H21N3O6. The van der Waals surface area contributed by atoms with Gasteiger partial charge in [-0.2, -0.15) is 0 Å². The Kier molecular flexibility index (Phi) is 5.67. The van der Waals surface area contributed by atoms with Gasteiger partial charge in [-0.05, 0) is 25.1 Å². The Morgan fingerprint density at radius 2 is 1.97 bits per heavy atom. The van der Waals surface area contributed by atoms with Crippen LogP contribution in [0.1, 0.15) is 12.0 Å². The number of benzene rings is 2. The molecule has 0 aliphatic carbocycles. The number of nitro groups is 1. The number of hydrogen-bond acceptors (Lipinski definition) is 6. The molecule has 2 amide bonds. The van der Waals surface area contributed by atoms with Gasteiger partial charge in [0.15, 0.2) is 0 Å². The van der Waals surface area contributed by atoms with Crippen LogP contribution < -0.4 is 19.7 Å². The molecule has 152 valence electrons. The predicted octanol–water partition coefficient (Wildman–Crippen LogP) is 2.91. The molecule has 0 unspecified atom stereocenters. The number of rotatable bonds is 6. The lowest BCUT2D eigenvalue weighted by atomic mass is 10.1. The summed E-state index contributed by atoms with van der Waals surface area (Å²) < 4.78 is 10.5. The summed E-state index contributed by atoms with van der Waals surface area (Å²) in [6.45, 7) is 1.79. The molecule has 9 nitrogen and oxygen atoms in total. The molecule has 0 spiro atoms. The molecule has 0 bridgehead atoms. The van der Waals surface area contributed by atoms with Crippen LogP contribution in [0.3, 0.4) is 0 Å². The molecule has 0 radical (unpaired) electrons. The summed E-state index contributed by atoms with van der Waals surface area (Å²) in [4.78, 5) is 37.3. The van der Waals surface area contributed by atoms with Crippen LogP contribution in [-0.2, 0) is 9.59 Å². The first-order valence-corrected chi connectivity index (χ1v) is 8.92. The van der Waals surface area contributed by atoms with Gasteiger partial charge in [0.2, 0.25) is 11.8 Å². The molecule has 2 aromatic rings. The number of nitrogens with one attached hydrogen (secondary N) is 1. The van der Waals surface area contributed by atoms with Crippen LogP contribution in [-0.4, -0.2) is 37.5 Å². The van der Waals surface area contributed by atoms with Gasteiger partial charge in [-0.3, -0.25) is 19.7 Å². The van der Waals surface area contributed by atoms with Crippen molar-refractivity contribution in [2.75, 3.05) is 31.0 Å². The second kappa shape index (κ2) is 8.17. The summed E-state index contributed by atoms with van der Waals surface area (Å²) in [5.74, 6) is -0.131. The highest BCUT2D eigenvalue weighted by atomic mass is 16.6. The number of carbonyl (C=O) groups is 2. The van der Waals surface area contributed by atoms with E-state index in [1.807, 2.05) is 0 Å². The van der Waals surface area contributed by atoms with E-state index in [-0.39, 0.29) is 30.5 Å². The molecular weight excluding hydrogens is 378 g/mol. The van der Waals surface area contributed by atoms with Crippen molar-refractivity contribution in [1.82, 2.24) is 0 Å². The van der Waals surface area contributed by atoms with Crippen LogP contribution in [0.5, 0.6) is 11.5 Å². The zero-order chi connectivity index (χ0) is 21.1. The Bertz CT molecular complexity index is 975. The number of nitro benzene ring substituents is 1. The lowest BCUT2D eigenvalue weighted by Crippen LogP contribution is -2.28. The van der Waals surface area contributed by atoms with E-state index in [2.05, 4.69) is 5.32 Å². The van der Waals surface area contributed by atoms with Crippen molar-refractivity contribution in [3.05, 3.63) is 52.1 Å². The summed E-state index contributed by atoms with van der Waals surface area (Å²) in [7, 11) is 3.02. The largest absolute Gasteiger partial charge is 0.497 e. The Labute approximate surface area is 167 Å². The average molecular weight is 399 g/mol. The van der Waals surface area contributed by atoms with E-state index in [0.29, 0.717) is 28.4 Å². The topological polar surface area (TPSA) is 111 Å². The Morgan fingerprint density at radius 1 is 1.21 bits per heavy atom. The van der Waals surface area contributed by atoms with E-state index < -0.39 is 10.8 Å². The molecule has 0 saturated carbocycles. The highest BCUT2D eigenvalue weighted by Crippen LogP contribution is 2.36. The molecule has 1 aliphatic heterocycles. The standard InChI is InChI=1S/C20H21N3O6/c1-12-4-5-14(9-16(12)23(26)27)21-20(25)13-8-19(24)22(11-13)17-10-15(28-2)6-7-18(17)29-3/h4-7,9-10,13H,8,11H2,1-3H3,(H,21,25)/t13-/m0/s1. The lowest BCUT2D eigenvalue weighted by molar-refractivity contribution is -0.385. The maximum absolute atomic E-state index is 12.7. The first kappa shape index (κ1) is 20.1. The van der Waals surface area contributed by atoms with Gasteiger partial charge in [0.25, 0.3) is 5.69 Å². The van der Waals surface area contributed by atoms with Gasteiger partial charge in [-0.1, -0.05) is 6.07 Å². The maximum atomic E-state index is 12.7. The smallest absolute Gasteiger partial charge is 0.274 e. The summed E-state index contributed by atoms with van der Waals surface area (Å²) in [5.41, 5.74) is 1.27. The van der Waals surface area contributed by atoms with Crippen molar-refractivity contribution in [3.8, 4) is 11.5 Å². The van der Waals surface area contributed by atoms with Crippen molar-refractivity contribution in [2.45, 2.75) is 13.3 Å². The van der Waals surface area contributed by atoms with Crippen LogP contribution in [0, 0.1) is 23.0 Å². The molecule has 1 heterocycles. The molecule has 29 heavy (non-hydrogen) atoms. The van der Waals surface area contributed by atoms with Gasteiger partial charge in [0.05, 0.1) is 30.7 Å². The number of hydrogen-bond donors (Lipinski definition) is 1. The zero-order valence-corrected chi connectivity index (χ0v) is 16.3. The van der Waals surface area contributed by atoms with Crippen molar-refractivity contribution < 1.29 is 24.0 Å². The fourth-order valence-electron chi connectivity index (χ4n) is 3.25. The third-order valence-corrected chi connectivity index (χ3v) is 4.85. The van der Waals surface area contributed by atoms with Gasteiger partial charge in [0.1, 0.15) is 11.5 Å². The normalized spacial score (nSPS) is 15.9. The van der Waals surface area contributed by atoms with Crippen molar-refractivity contribution in [1.29, 1.82) is 0 Å². The van der Waals surface area contributed by atoms with Crippen LogP contribution in [0.15, 0.2) is 36.4 Å². The van der Waals surface area contributed by atoms with E-state index in [1.165, 1.54) is 25.2 Å². The second-order valence-electron chi connectivity index (χ2n) is 6.69. The summed E-state index contributed by atoms with van der Waals surface area (Å²) in [5, 5.41) is 13.8. The first-order valence-electron chi connectivity index (χ1n) is 8.92. The Morgan fingerprint density at radius 3 is 2.62 bits per heavy atom. The number of ether oxygens (including phenoxy) is 2. The number of nitrogens with zero attached hydrogens (tertiary/aromatic N) is 2. The molecule has 3 rings (SSSR count). The third-order valence-electron chi connectivity index (χ3n) is 4.85. The molecule has 0 aromatic heterocycles. The average Bonchev–Trinajstić information content (AvgIpc) is 3.10. The minimum absolute atomic E-state index is 0.0279. The van der Waals surface area contributed by atoms with E-state index >= 15 is 0 Å². The number of carbonyl (C=O) groups excluding carboxylic acids is 2. The molecule has 1 N–H and O–H groups in total. The van der Waals surface area contributed by atoms with Crippen LogP contribution >= 0.6 is 0 Å². The second-order valence-corrected chi connectivity index (χ2v) is 6.69. The van der Waals surface area contributed by atoms with Crippen LogP contribution in [0.25, 0.3) is 0 Å². The van der Waals surface area contributed by atoms with Crippen LogP contribution in [0.4, 0.5) is 17.1 Å². The van der Waals surface area contributed by atoms with Gasteiger partial charge in [0, 0.05) is 36.3 Å². The van der Waals surface area contributed by atoms with Crippen molar-refractivity contribution in [2.24, 2.45) is 5.92 Å². The third kappa shape index (κ3) is 4.13. The first-order chi connectivity index (χ1) is 13.8. The SMILES string of the molecule is COc1ccc(OC)c(N2C[C@@H](C(=O)Nc3ccc(C)c([N+](=O)[O-])c3)CC2=O)c1. The fraction of sp³-hybridized carbons (Fsp3) is 0.300. The Hall–Kier alpha value is -3.62. The van der Waals surface area contributed by atoms with Crippen molar-refractivity contribution in [3.63, 3.8) is 0 Å². The van der Waals surface area contributed by atoms with E-state index in [0.717, 1.165) is 0 Å². The minimum atomic E-state index is -0.598. The quantitative estimate of drug-likeness (QED) is 0.591. The minimum Gasteiger partial charge on any atom is -0.497 e. The summed E-state index contributed by atoms with van der Waals surface area (Å²) >= 11 is 0. The van der Waals surface area contributed by atoms with Crippen LogP contribution in [0.2, 0.25) is 0 Å². The molecule has 1 aliphatic rings. The molecule has 1 fully saturated rings. The van der Waals surface area contributed by atoms with E-state index in [1.54, 1.807) is 37.3 Å². The predicted molar refractivity (Wildman–Crippen MR) is 106 cm³/mol. The fourth-order valence-corrected chi connectivity index (χ4v) is 3.25. The Balaban J connectivity index is 1.78. The van der Waals surface area contributed by atoms with E-state index in [4.69, 9.17) is 9.47 Å². The molecule has 2 aromatic carbocycles. The summed E-state index contributed by atoms with van der Waals surface area (Å²) in [6.07, 6.45) is 0.0279. The molecule has 9 heteroatoms. The number of anilines is 2. The monoisotopic (exact) mass is 399 g/mol. The van der Waals surface area contributed by atoms with Gasteiger partial charge >= 0.3 is 0 Å². The van der Waals surface area contributed by atoms with Crippen molar-refractivity contribution >= 4 is 28.9 Å². The number of amides is 2. The maximum Gasteiger partial charge on any atom is 0.274 e. The number of methoxy groups -OCH3 is 2. The van der Waals surface area contributed by atoms with Gasteiger partial charge in [-0.15, -0.1) is 0 Å². The lowest BCUT2D eigenvalue weighted by Gasteiger charge is -2.20. The summed E-state index contributed by atoms with van der Waals surface area (Å²) in [6, 6.07) is 9.58.